The van der Waals surface area contributed by atoms with E-state index < -0.39 is 0 Å². The first-order valence-corrected chi connectivity index (χ1v) is 4.90. The van der Waals surface area contributed by atoms with Gasteiger partial charge in [0.2, 0.25) is 0 Å². The molecule has 0 radical (unpaired) electrons. The SMILES string of the molecule is CCOc1cccc(C(N)CC)c1O. The highest BCUT2D eigenvalue weighted by Gasteiger charge is 2.12. The molecule has 0 bridgehead atoms. The molecule has 3 nitrogen and oxygen atoms in total. The summed E-state index contributed by atoms with van der Waals surface area (Å²) in [5.41, 5.74) is 6.59. The summed E-state index contributed by atoms with van der Waals surface area (Å²) in [6, 6.07) is 5.28. The van der Waals surface area contributed by atoms with Crippen molar-refractivity contribution in [2.75, 3.05) is 6.61 Å². The molecule has 0 heterocycles. The van der Waals surface area contributed by atoms with Crippen LogP contribution in [0.1, 0.15) is 31.9 Å². The Morgan fingerprint density at radius 3 is 2.71 bits per heavy atom. The molecule has 1 unspecified atom stereocenters. The smallest absolute Gasteiger partial charge is 0.162 e. The van der Waals surface area contributed by atoms with Crippen LogP contribution in [0.5, 0.6) is 11.5 Å². The fraction of sp³-hybridized carbons (Fsp3) is 0.455. The second kappa shape index (κ2) is 4.86. The van der Waals surface area contributed by atoms with Crippen molar-refractivity contribution in [2.45, 2.75) is 26.3 Å². The van der Waals surface area contributed by atoms with Gasteiger partial charge in [-0.25, -0.2) is 0 Å². The van der Waals surface area contributed by atoms with Gasteiger partial charge in [0.1, 0.15) is 0 Å². The van der Waals surface area contributed by atoms with Crippen molar-refractivity contribution in [3.8, 4) is 11.5 Å². The predicted molar refractivity (Wildman–Crippen MR) is 56.5 cm³/mol. The Kier molecular flexibility index (Phi) is 3.77. The van der Waals surface area contributed by atoms with E-state index in [4.69, 9.17) is 10.5 Å². The molecule has 3 heteroatoms. The zero-order valence-electron chi connectivity index (χ0n) is 8.66. The van der Waals surface area contributed by atoms with Gasteiger partial charge in [0, 0.05) is 11.6 Å². The zero-order valence-corrected chi connectivity index (χ0v) is 8.66. The summed E-state index contributed by atoms with van der Waals surface area (Å²) in [5.74, 6) is 0.678. The molecule has 14 heavy (non-hydrogen) atoms. The number of benzene rings is 1. The molecular formula is C11H17NO2. The van der Waals surface area contributed by atoms with Crippen LogP contribution in [-0.2, 0) is 0 Å². The minimum atomic E-state index is -0.129. The van der Waals surface area contributed by atoms with Gasteiger partial charge in [-0.2, -0.15) is 0 Å². The van der Waals surface area contributed by atoms with E-state index >= 15 is 0 Å². The normalized spacial score (nSPS) is 12.5. The predicted octanol–water partition coefficient (Wildman–Crippen LogP) is 2.20. The highest BCUT2D eigenvalue weighted by molar-refractivity contribution is 5.46. The zero-order chi connectivity index (χ0) is 10.6. The van der Waals surface area contributed by atoms with Gasteiger partial charge < -0.3 is 15.6 Å². The van der Waals surface area contributed by atoms with E-state index in [0.29, 0.717) is 12.4 Å². The van der Waals surface area contributed by atoms with Gasteiger partial charge in [-0.3, -0.25) is 0 Å². The average molecular weight is 195 g/mol. The summed E-state index contributed by atoms with van der Waals surface area (Å²) < 4.78 is 5.27. The summed E-state index contributed by atoms with van der Waals surface area (Å²) >= 11 is 0. The number of phenolic OH excluding ortho intramolecular Hbond substituents is 1. The number of para-hydroxylation sites is 1. The molecular weight excluding hydrogens is 178 g/mol. The molecule has 0 aromatic heterocycles. The van der Waals surface area contributed by atoms with Crippen molar-refractivity contribution in [3.63, 3.8) is 0 Å². The molecule has 3 N–H and O–H groups in total. The van der Waals surface area contributed by atoms with Crippen LogP contribution in [0.3, 0.4) is 0 Å². The van der Waals surface area contributed by atoms with E-state index in [2.05, 4.69) is 0 Å². The van der Waals surface area contributed by atoms with Crippen LogP contribution in [0.4, 0.5) is 0 Å². The van der Waals surface area contributed by atoms with E-state index in [1.165, 1.54) is 0 Å². The Morgan fingerprint density at radius 2 is 2.14 bits per heavy atom. The third kappa shape index (κ3) is 2.17. The van der Waals surface area contributed by atoms with Gasteiger partial charge in [-0.1, -0.05) is 19.1 Å². The highest BCUT2D eigenvalue weighted by Crippen LogP contribution is 2.33. The molecule has 0 amide bonds. The van der Waals surface area contributed by atoms with Crippen LogP contribution in [-0.4, -0.2) is 11.7 Å². The van der Waals surface area contributed by atoms with Gasteiger partial charge in [0.25, 0.3) is 0 Å². The maximum Gasteiger partial charge on any atom is 0.162 e. The fourth-order valence-corrected chi connectivity index (χ4v) is 1.33. The van der Waals surface area contributed by atoms with Crippen molar-refractivity contribution in [1.29, 1.82) is 0 Å². The summed E-state index contributed by atoms with van der Waals surface area (Å²) in [7, 11) is 0. The maximum atomic E-state index is 9.82. The number of phenols is 1. The van der Waals surface area contributed by atoms with E-state index in [1.54, 1.807) is 6.07 Å². The first-order valence-electron chi connectivity index (χ1n) is 4.90. The van der Waals surface area contributed by atoms with Crippen molar-refractivity contribution >= 4 is 0 Å². The summed E-state index contributed by atoms with van der Waals surface area (Å²) in [4.78, 5) is 0. The van der Waals surface area contributed by atoms with Crippen LogP contribution >= 0.6 is 0 Å². The topological polar surface area (TPSA) is 55.5 Å². The van der Waals surface area contributed by atoms with Crippen LogP contribution in [0.25, 0.3) is 0 Å². The number of ether oxygens (including phenoxy) is 1. The lowest BCUT2D eigenvalue weighted by Crippen LogP contribution is -2.09. The van der Waals surface area contributed by atoms with Crippen molar-refractivity contribution in [3.05, 3.63) is 23.8 Å². The maximum absolute atomic E-state index is 9.82. The summed E-state index contributed by atoms with van der Waals surface area (Å²) in [5, 5.41) is 9.82. The third-order valence-corrected chi connectivity index (χ3v) is 2.17. The largest absolute Gasteiger partial charge is 0.504 e. The lowest BCUT2D eigenvalue weighted by molar-refractivity contribution is 0.315. The Labute approximate surface area is 84.5 Å². The number of nitrogens with two attached hydrogens (primary N) is 1. The van der Waals surface area contributed by atoms with Gasteiger partial charge in [-0.05, 0) is 19.4 Å². The third-order valence-electron chi connectivity index (χ3n) is 2.17. The number of hydrogen-bond acceptors (Lipinski definition) is 3. The number of rotatable bonds is 4. The molecule has 0 saturated carbocycles. The fourth-order valence-electron chi connectivity index (χ4n) is 1.33. The van der Waals surface area contributed by atoms with Crippen LogP contribution in [0.15, 0.2) is 18.2 Å². The minimum Gasteiger partial charge on any atom is -0.504 e. The van der Waals surface area contributed by atoms with Crippen LogP contribution in [0, 0.1) is 0 Å². The summed E-state index contributed by atoms with van der Waals surface area (Å²) in [6.07, 6.45) is 0.795. The molecule has 78 valence electrons. The molecule has 0 aliphatic heterocycles. The standard InChI is InChI=1S/C11H17NO2/c1-3-9(12)8-6-5-7-10(11(8)13)14-4-2/h5-7,9,13H,3-4,12H2,1-2H3. The minimum absolute atomic E-state index is 0.129. The highest BCUT2D eigenvalue weighted by atomic mass is 16.5. The molecule has 1 aromatic rings. The lowest BCUT2D eigenvalue weighted by atomic mass is 10.0. The molecule has 0 aliphatic carbocycles. The monoisotopic (exact) mass is 195 g/mol. The first kappa shape index (κ1) is 10.9. The number of aromatic hydroxyl groups is 1. The molecule has 0 spiro atoms. The van der Waals surface area contributed by atoms with E-state index in [0.717, 1.165) is 12.0 Å². The molecule has 1 atom stereocenters. The first-order chi connectivity index (χ1) is 6.70. The Bertz CT molecular complexity index is 299. The lowest BCUT2D eigenvalue weighted by Gasteiger charge is -2.14. The van der Waals surface area contributed by atoms with Gasteiger partial charge in [0.15, 0.2) is 11.5 Å². The molecule has 0 fully saturated rings. The summed E-state index contributed by atoms with van der Waals surface area (Å²) in [6.45, 7) is 4.40. The number of hydrogen-bond donors (Lipinski definition) is 2. The molecule has 0 saturated heterocycles. The van der Waals surface area contributed by atoms with Crippen molar-refractivity contribution in [1.82, 2.24) is 0 Å². The average Bonchev–Trinajstić information content (AvgIpc) is 2.20. The Hall–Kier alpha value is -1.22. The Morgan fingerprint density at radius 1 is 1.43 bits per heavy atom. The van der Waals surface area contributed by atoms with Gasteiger partial charge in [-0.15, -0.1) is 0 Å². The van der Waals surface area contributed by atoms with Gasteiger partial charge in [0.05, 0.1) is 6.61 Å². The van der Waals surface area contributed by atoms with Crippen molar-refractivity contribution < 1.29 is 9.84 Å². The molecule has 1 rings (SSSR count). The second-order valence-corrected chi connectivity index (χ2v) is 3.14. The van der Waals surface area contributed by atoms with Crippen LogP contribution < -0.4 is 10.5 Å². The molecule has 1 aromatic carbocycles. The Balaban J connectivity index is 3.00. The van der Waals surface area contributed by atoms with Crippen LogP contribution in [0.2, 0.25) is 0 Å². The molecule has 0 aliphatic rings. The quantitative estimate of drug-likeness (QED) is 0.774. The van der Waals surface area contributed by atoms with E-state index in [1.807, 2.05) is 26.0 Å². The van der Waals surface area contributed by atoms with Gasteiger partial charge >= 0.3 is 0 Å². The van der Waals surface area contributed by atoms with E-state index in [-0.39, 0.29) is 11.8 Å². The van der Waals surface area contributed by atoms with E-state index in [9.17, 15) is 5.11 Å². The van der Waals surface area contributed by atoms with Crippen molar-refractivity contribution in [2.24, 2.45) is 5.73 Å². The second-order valence-electron chi connectivity index (χ2n) is 3.14.